The van der Waals surface area contributed by atoms with Crippen molar-refractivity contribution in [3.05, 3.63) is 81.7 Å². The molecule has 73 heavy (non-hydrogen) atoms. The van der Waals surface area contributed by atoms with E-state index in [-0.39, 0.29) is 31.1 Å². The third-order valence-corrected chi connectivity index (χ3v) is 13.7. The molecule has 6 N–H and O–H groups in total. The van der Waals surface area contributed by atoms with Crippen LogP contribution in [0.5, 0.6) is 0 Å². The lowest BCUT2D eigenvalue weighted by molar-refractivity contribution is -0.149. The first-order valence-corrected chi connectivity index (χ1v) is 24.6. The van der Waals surface area contributed by atoms with Crippen molar-refractivity contribution in [2.45, 2.75) is 141 Å². The molecule has 2 aromatic rings. The van der Waals surface area contributed by atoms with Crippen LogP contribution in [0.15, 0.2) is 64.9 Å². The van der Waals surface area contributed by atoms with Gasteiger partial charge in [0.05, 0.1) is 48.4 Å². The Balaban J connectivity index is 1.79. The molecule has 11 atom stereocenters. The average molecular weight is 1020 g/mol. The van der Waals surface area contributed by atoms with Crippen molar-refractivity contribution in [3.8, 4) is 0 Å². The van der Waals surface area contributed by atoms with Crippen molar-refractivity contribution < 1.29 is 58.1 Å². The van der Waals surface area contributed by atoms with Crippen molar-refractivity contribution in [3.63, 3.8) is 0 Å². The zero-order valence-electron chi connectivity index (χ0n) is 44.0. The fourth-order valence-electron chi connectivity index (χ4n) is 9.30. The molecule has 0 spiro atoms. The van der Waals surface area contributed by atoms with Gasteiger partial charge in [-0.3, -0.25) is 28.8 Å². The van der Waals surface area contributed by atoms with E-state index >= 15 is 0 Å². The van der Waals surface area contributed by atoms with Crippen LogP contribution >= 0.6 is 0 Å². The van der Waals surface area contributed by atoms with Gasteiger partial charge in [0.15, 0.2) is 6.61 Å². The molecule has 0 bridgehead atoms. The van der Waals surface area contributed by atoms with Crippen molar-refractivity contribution in [1.82, 2.24) is 25.3 Å². The minimum Gasteiger partial charge on any atom is -0.480 e. The number of methoxy groups -OCH3 is 2. The predicted octanol–water partition coefficient (Wildman–Crippen LogP) is 3.78. The molecule has 0 saturated carbocycles. The molecule has 402 valence electrons. The fraction of sp³-hybridized carbons (Fsp3) is 0.608. The quantitative estimate of drug-likeness (QED) is 0.0255. The number of nitrogens with zero attached hydrogens (tertiary/aromatic N) is 7. The largest absolute Gasteiger partial charge is 0.480 e. The van der Waals surface area contributed by atoms with Gasteiger partial charge in [-0.1, -0.05) is 113 Å². The Kier molecular flexibility index (Phi) is 24.3. The minimum absolute atomic E-state index is 0.0749. The second-order valence-corrected chi connectivity index (χ2v) is 19.1. The highest BCUT2D eigenvalue weighted by molar-refractivity contribution is 5.98. The summed E-state index contributed by atoms with van der Waals surface area (Å²) in [5.41, 5.74) is 17.7. The number of carbonyl (C=O) groups excluding carboxylic acids is 5. The summed E-state index contributed by atoms with van der Waals surface area (Å²) in [5, 5.41) is 32.3. The maximum Gasteiger partial charge on any atom is 0.326 e. The van der Waals surface area contributed by atoms with E-state index in [0.29, 0.717) is 42.6 Å². The number of rotatable bonds is 29. The Morgan fingerprint density at radius 3 is 2.05 bits per heavy atom. The van der Waals surface area contributed by atoms with E-state index in [0.717, 1.165) is 5.56 Å². The number of carbonyl (C=O) groups is 7. The number of azide groups is 1. The Morgan fingerprint density at radius 2 is 1.51 bits per heavy atom. The number of nitrogens with two attached hydrogens (primary N) is 1. The van der Waals surface area contributed by atoms with Gasteiger partial charge in [-0.05, 0) is 60.2 Å². The standard InChI is InChI=1S/C51H76N10O12/c1-12-30(4)45(40(71-10)27-41(62)61-24-16-19-39(61)46(72-11)31(5)47(64)54-38(51(69)70)26-34-17-14-13-15-18-34)60(9)49(66)43(33(7)56-58-53)55-48(65)44(29(2)3)59(8)42(63)28-73-57-32(6)36-22-20-35(21-23-36)25-37(52)50(67)68/h13-15,17-18,20-23,29-31,33,37-40,43-46H,12,16,19,24-28,52H2,1-11H3,(H,54,64)(H,55,65)(H,67,68)(H,69,70)/b57-32+/t30-,31+,33?,37-,38-,39-,40+,43-,44-,45-,46+/m0/s1. The van der Waals surface area contributed by atoms with Crippen LogP contribution in [0.2, 0.25) is 0 Å². The van der Waals surface area contributed by atoms with Crippen LogP contribution in [-0.4, -0.2) is 168 Å². The topological polar surface area (TPSA) is 309 Å². The number of hydrogen-bond donors (Lipinski definition) is 5. The van der Waals surface area contributed by atoms with E-state index in [1.165, 1.54) is 45.0 Å². The summed E-state index contributed by atoms with van der Waals surface area (Å²) in [6.45, 7) is 11.9. The van der Waals surface area contributed by atoms with Crippen molar-refractivity contribution in [2.24, 2.45) is 33.8 Å². The normalized spacial score (nSPS) is 17.8. The Morgan fingerprint density at radius 1 is 0.877 bits per heavy atom. The zero-order chi connectivity index (χ0) is 54.7. The number of carboxylic acids is 2. The molecule has 0 aliphatic carbocycles. The summed E-state index contributed by atoms with van der Waals surface area (Å²) in [6.07, 6.45) is 0.0532. The lowest BCUT2D eigenvalue weighted by atomic mass is 9.89. The second kappa shape index (κ2) is 29.2. The second-order valence-electron chi connectivity index (χ2n) is 19.1. The van der Waals surface area contributed by atoms with Crippen molar-refractivity contribution in [2.75, 3.05) is 41.5 Å². The monoisotopic (exact) mass is 1020 g/mol. The summed E-state index contributed by atoms with van der Waals surface area (Å²) in [4.78, 5) is 106. The summed E-state index contributed by atoms with van der Waals surface area (Å²) in [5.74, 6) is -6.68. The van der Waals surface area contributed by atoms with Crippen LogP contribution in [0.4, 0.5) is 0 Å². The van der Waals surface area contributed by atoms with Crippen LogP contribution in [0, 0.1) is 17.8 Å². The van der Waals surface area contributed by atoms with Gasteiger partial charge in [-0.25, -0.2) is 4.79 Å². The number of oxime groups is 1. The number of amides is 5. The van der Waals surface area contributed by atoms with Crippen LogP contribution in [0.1, 0.15) is 90.8 Å². The van der Waals surface area contributed by atoms with Gasteiger partial charge in [0.1, 0.15) is 24.2 Å². The predicted molar refractivity (Wildman–Crippen MR) is 272 cm³/mol. The molecule has 22 heteroatoms. The van der Waals surface area contributed by atoms with Crippen LogP contribution in [-0.2, 0) is 60.7 Å². The van der Waals surface area contributed by atoms with Crippen LogP contribution in [0.25, 0.3) is 10.4 Å². The molecule has 1 unspecified atom stereocenters. The molecule has 22 nitrogen and oxygen atoms in total. The fourth-order valence-corrected chi connectivity index (χ4v) is 9.30. The maximum absolute atomic E-state index is 14.7. The summed E-state index contributed by atoms with van der Waals surface area (Å²) in [6, 6.07) is 8.64. The maximum atomic E-state index is 14.7. The average Bonchev–Trinajstić information content (AvgIpc) is 3.85. The van der Waals surface area contributed by atoms with E-state index in [1.807, 2.05) is 19.9 Å². The van der Waals surface area contributed by atoms with Gasteiger partial charge < -0.3 is 55.6 Å². The van der Waals surface area contributed by atoms with E-state index in [1.54, 1.807) is 81.1 Å². The lowest BCUT2D eigenvalue weighted by Gasteiger charge is -2.41. The third-order valence-electron chi connectivity index (χ3n) is 13.7. The number of hydrogen-bond acceptors (Lipinski definition) is 13. The molecule has 0 radical (unpaired) electrons. The van der Waals surface area contributed by atoms with Crippen molar-refractivity contribution in [1.29, 1.82) is 0 Å². The van der Waals surface area contributed by atoms with Gasteiger partial charge in [0.2, 0.25) is 23.6 Å². The summed E-state index contributed by atoms with van der Waals surface area (Å²) >= 11 is 0. The van der Waals surface area contributed by atoms with Crippen molar-refractivity contribution >= 4 is 47.2 Å². The van der Waals surface area contributed by atoms with Gasteiger partial charge in [0, 0.05) is 46.2 Å². The molecule has 0 aromatic heterocycles. The smallest absolute Gasteiger partial charge is 0.326 e. The molecular formula is C51H76N10O12. The third kappa shape index (κ3) is 17.0. The zero-order valence-corrected chi connectivity index (χ0v) is 44.0. The number of aliphatic carboxylic acids is 2. The van der Waals surface area contributed by atoms with Crippen LogP contribution < -0.4 is 16.4 Å². The molecule has 1 heterocycles. The molecule has 1 aliphatic heterocycles. The first kappa shape index (κ1) is 60.7. The SMILES string of the molecule is CC[C@H](C)[C@@H]([C@@H](CC(=O)N1CCC[C@H]1[C@H](OC)[C@@H](C)C(=O)N[C@@H](Cc1ccccc1)C(=O)O)OC)N(C)C(=O)[C@@H](NC(=O)[C@H](C(C)C)N(C)C(=O)CO/N=C(\C)c1ccc(C[C@H](N)C(=O)O)cc1)C(C)N=[N+]=[N-]. The van der Waals surface area contributed by atoms with Crippen LogP contribution in [0.3, 0.4) is 0 Å². The molecular weight excluding hydrogens is 945 g/mol. The number of nitrogens with one attached hydrogen (secondary N) is 2. The van der Waals surface area contributed by atoms with Gasteiger partial charge in [-0.15, -0.1) is 0 Å². The number of benzene rings is 2. The van der Waals surface area contributed by atoms with Gasteiger partial charge in [0.25, 0.3) is 5.91 Å². The number of carboxylic acid groups (broad SMARTS) is 2. The molecule has 1 saturated heterocycles. The van der Waals surface area contributed by atoms with Gasteiger partial charge >= 0.3 is 11.9 Å². The lowest BCUT2D eigenvalue weighted by Crippen LogP contribution is -2.61. The van der Waals surface area contributed by atoms with E-state index in [2.05, 4.69) is 25.8 Å². The molecule has 3 rings (SSSR count). The number of likely N-dealkylation sites (tertiary alicyclic amines) is 1. The molecule has 2 aromatic carbocycles. The van der Waals surface area contributed by atoms with E-state index in [4.69, 9.17) is 25.2 Å². The summed E-state index contributed by atoms with van der Waals surface area (Å²) < 4.78 is 11.9. The Bertz CT molecular complexity index is 2260. The number of likely N-dealkylation sites (N-methyl/N-ethyl adjacent to an activating group) is 2. The van der Waals surface area contributed by atoms with Gasteiger partial charge in [-0.2, -0.15) is 0 Å². The molecule has 1 aliphatic rings. The Hall–Kier alpha value is -6.61. The van der Waals surface area contributed by atoms with E-state index < -0.39 is 109 Å². The highest BCUT2D eigenvalue weighted by Gasteiger charge is 2.44. The van der Waals surface area contributed by atoms with E-state index in [9.17, 15) is 44.2 Å². The highest BCUT2D eigenvalue weighted by Crippen LogP contribution is 2.30. The molecule has 1 fully saturated rings. The summed E-state index contributed by atoms with van der Waals surface area (Å²) in [7, 11) is 5.82. The first-order valence-electron chi connectivity index (χ1n) is 24.6. The minimum atomic E-state index is -1.42. The molecule has 5 amide bonds. The number of ether oxygens (including phenoxy) is 2. The Labute approximate surface area is 427 Å². The first-order chi connectivity index (χ1) is 34.5. The highest BCUT2D eigenvalue weighted by atomic mass is 16.6.